The van der Waals surface area contributed by atoms with Crippen LogP contribution in [-0.2, 0) is 0 Å². The third-order valence-corrected chi connectivity index (χ3v) is 4.47. The molecule has 25 heavy (non-hydrogen) atoms. The van der Waals surface area contributed by atoms with Crippen LogP contribution in [0.25, 0.3) is 22.7 Å². The van der Waals surface area contributed by atoms with Gasteiger partial charge in [-0.3, -0.25) is 0 Å². The van der Waals surface area contributed by atoms with Crippen molar-refractivity contribution in [2.24, 2.45) is 0 Å². The second-order valence-electron chi connectivity index (χ2n) is 5.35. The van der Waals surface area contributed by atoms with Crippen LogP contribution < -0.4 is 9.47 Å². The van der Waals surface area contributed by atoms with E-state index in [0.717, 1.165) is 33.3 Å². The molecule has 0 saturated carbocycles. The van der Waals surface area contributed by atoms with Gasteiger partial charge in [-0.1, -0.05) is 36.4 Å². The molecule has 0 spiro atoms. The largest absolute Gasteiger partial charge is 0.490 e. The van der Waals surface area contributed by atoms with Crippen LogP contribution in [0.2, 0.25) is 0 Å². The maximum Gasteiger partial charge on any atom is 0.161 e. The standard InChI is InChI=1S/C21H21NO2S/c1-3-23-19-13-11-17(14-20(19)24-4-2)21-22-18(15-25-21)12-10-16-8-6-5-7-9-16/h5-15H,3-4H2,1-2H3. The molecule has 0 unspecified atom stereocenters. The number of hydrogen-bond donors (Lipinski definition) is 0. The predicted molar refractivity (Wildman–Crippen MR) is 105 cm³/mol. The number of hydrogen-bond acceptors (Lipinski definition) is 4. The van der Waals surface area contributed by atoms with E-state index in [4.69, 9.17) is 14.5 Å². The lowest BCUT2D eigenvalue weighted by Crippen LogP contribution is -1.98. The molecule has 3 rings (SSSR count). The zero-order chi connectivity index (χ0) is 17.5. The molecule has 1 heterocycles. The van der Waals surface area contributed by atoms with E-state index in [0.29, 0.717) is 13.2 Å². The Kier molecular flexibility index (Phi) is 5.86. The Balaban J connectivity index is 1.82. The molecule has 0 fully saturated rings. The van der Waals surface area contributed by atoms with Gasteiger partial charge in [-0.05, 0) is 43.7 Å². The van der Waals surface area contributed by atoms with Crippen molar-refractivity contribution in [2.75, 3.05) is 13.2 Å². The summed E-state index contributed by atoms with van der Waals surface area (Å²) >= 11 is 1.63. The summed E-state index contributed by atoms with van der Waals surface area (Å²) in [5.41, 5.74) is 3.16. The van der Waals surface area contributed by atoms with Gasteiger partial charge in [0.15, 0.2) is 11.5 Å². The molecule has 4 heteroatoms. The first-order valence-electron chi connectivity index (χ1n) is 8.38. The average Bonchev–Trinajstić information content (AvgIpc) is 3.12. The van der Waals surface area contributed by atoms with Gasteiger partial charge in [0.25, 0.3) is 0 Å². The molecular formula is C21H21NO2S. The highest BCUT2D eigenvalue weighted by Gasteiger charge is 2.10. The Morgan fingerprint density at radius 1 is 0.920 bits per heavy atom. The van der Waals surface area contributed by atoms with Crippen molar-refractivity contribution < 1.29 is 9.47 Å². The molecule has 3 nitrogen and oxygen atoms in total. The van der Waals surface area contributed by atoms with Crippen LogP contribution >= 0.6 is 11.3 Å². The molecule has 0 aliphatic rings. The first kappa shape index (κ1) is 17.2. The van der Waals surface area contributed by atoms with Crippen LogP contribution in [-0.4, -0.2) is 18.2 Å². The second-order valence-corrected chi connectivity index (χ2v) is 6.21. The maximum atomic E-state index is 5.70. The lowest BCUT2D eigenvalue weighted by Gasteiger charge is -2.11. The first-order valence-corrected chi connectivity index (χ1v) is 9.26. The van der Waals surface area contributed by atoms with Crippen molar-refractivity contribution in [1.82, 2.24) is 4.98 Å². The predicted octanol–water partition coefficient (Wildman–Crippen LogP) is 5.78. The Bertz CT molecular complexity index is 840. The van der Waals surface area contributed by atoms with Gasteiger partial charge in [0, 0.05) is 10.9 Å². The van der Waals surface area contributed by atoms with Gasteiger partial charge in [-0.25, -0.2) is 4.98 Å². The summed E-state index contributed by atoms with van der Waals surface area (Å²) in [5.74, 6) is 1.53. The fourth-order valence-electron chi connectivity index (χ4n) is 2.43. The molecule has 0 aliphatic carbocycles. The number of nitrogens with zero attached hydrogens (tertiary/aromatic N) is 1. The number of benzene rings is 2. The van der Waals surface area contributed by atoms with Gasteiger partial charge in [0.2, 0.25) is 0 Å². The van der Waals surface area contributed by atoms with Crippen molar-refractivity contribution >= 4 is 23.5 Å². The summed E-state index contributed by atoms with van der Waals surface area (Å²) in [6.45, 7) is 5.16. The van der Waals surface area contributed by atoms with E-state index >= 15 is 0 Å². The fraction of sp³-hybridized carbons (Fsp3) is 0.190. The van der Waals surface area contributed by atoms with E-state index in [-0.39, 0.29) is 0 Å². The molecule has 128 valence electrons. The van der Waals surface area contributed by atoms with Gasteiger partial charge < -0.3 is 9.47 Å². The molecular weight excluding hydrogens is 330 g/mol. The highest BCUT2D eigenvalue weighted by Crippen LogP contribution is 2.34. The van der Waals surface area contributed by atoms with E-state index in [1.165, 1.54) is 0 Å². The molecule has 0 amide bonds. The van der Waals surface area contributed by atoms with Gasteiger partial charge in [-0.15, -0.1) is 11.3 Å². The monoisotopic (exact) mass is 351 g/mol. The maximum absolute atomic E-state index is 5.70. The van der Waals surface area contributed by atoms with Crippen molar-refractivity contribution in [3.63, 3.8) is 0 Å². The van der Waals surface area contributed by atoms with Crippen LogP contribution in [0.5, 0.6) is 11.5 Å². The molecule has 0 N–H and O–H groups in total. The van der Waals surface area contributed by atoms with E-state index in [9.17, 15) is 0 Å². The van der Waals surface area contributed by atoms with Gasteiger partial charge >= 0.3 is 0 Å². The Labute approximate surface area is 152 Å². The first-order chi connectivity index (χ1) is 12.3. The number of ether oxygens (including phenoxy) is 2. The normalized spacial score (nSPS) is 11.0. The van der Waals surface area contributed by atoms with Crippen LogP contribution in [0.15, 0.2) is 53.9 Å². The molecule has 2 aromatic carbocycles. The third-order valence-electron chi connectivity index (χ3n) is 3.56. The number of aromatic nitrogens is 1. The Hall–Kier alpha value is -2.59. The fourth-order valence-corrected chi connectivity index (χ4v) is 3.21. The van der Waals surface area contributed by atoms with Crippen LogP contribution in [0, 0.1) is 0 Å². The Morgan fingerprint density at radius 2 is 1.68 bits per heavy atom. The zero-order valence-electron chi connectivity index (χ0n) is 14.4. The highest BCUT2D eigenvalue weighted by molar-refractivity contribution is 7.13. The molecule has 0 saturated heterocycles. The van der Waals surface area contributed by atoms with E-state index in [1.54, 1.807) is 11.3 Å². The minimum atomic E-state index is 0.604. The SMILES string of the molecule is CCOc1ccc(-c2nc(C=Cc3ccccc3)cs2)cc1OCC. The summed E-state index contributed by atoms with van der Waals surface area (Å²) in [6, 6.07) is 16.2. The minimum absolute atomic E-state index is 0.604. The highest BCUT2D eigenvalue weighted by atomic mass is 32.1. The van der Waals surface area contributed by atoms with Crippen molar-refractivity contribution in [3.05, 3.63) is 65.2 Å². The van der Waals surface area contributed by atoms with Crippen molar-refractivity contribution in [1.29, 1.82) is 0 Å². The van der Waals surface area contributed by atoms with Crippen LogP contribution in [0.4, 0.5) is 0 Å². The Morgan fingerprint density at radius 3 is 2.44 bits per heavy atom. The lowest BCUT2D eigenvalue weighted by atomic mass is 10.2. The summed E-state index contributed by atoms with van der Waals surface area (Å²) < 4.78 is 11.3. The van der Waals surface area contributed by atoms with Crippen LogP contribution in [0.1, 0.15) is 25.1 Å². The number of rotatable bonds is 7. The van der Waals surface area contributed by atoms with Crippen molar-refractivity contribution in [2.45, 2.75) is 13.8 Å². The molecule has 1 aromatic heterocycles. The molecule has 0 aliphatic heterocycles. The summed E-state index contributed by atoms with van der Waals surface area (Å²) in [4.78, 5) is 4.71. The minimum Gasteiger partial charge on any atom is -0.490 e. The average molecular weight is 351 g/mol. The van der Waals surface area contributed by atoms with Gasteiger partial charge in [0.05, 0.1) is 18.9 Å². The number of thiazole rings is 1. The smallest absolute Gasteiger partial charge is 0.161 e. The van der Waals surface area contributed by atoms with Crippen LogP contribution in [0.3, 0.4) is 0 Å². The zero-order valence-corrected chi connectivity index (χ0v) is 15.3. The summed E-state index contributed by atoms with van der Waals surface area (Å²) in [5, 5.41) is 3.03. The quantitative estimate of drug-likeness (QED) is 0.541. The molecule has 0 bridgehead atoms. The second kappa shape index (κ2) is 8.49. The van der Waals surface area contributed by atoms with Gasteiger partial charge in [-0.2, -0.15) is 0 Å². The van der Waals surface area contributed by atoms with E-state index < -0.39 is 0 Å². The lowest BCUT2D eigenvalue weighted by molar-refractivity contribution is 0.288. The molecule has 0 radical (unpaired) electrons. The molecule has 0 atom stereocenters. The molecule has 3 aromatic rings. The van der Waals surface area contributed by atoms with Gasteiger partial charge in [0.1, 0.15) is 5.01 Å². The summed E-state index contributed by atoms with van der Waals surface area (Å²) in [6.07, 6.45) is 4.11. The summed E-state index contributed by atoms with van der Waals surface area (Å²) in [7, 11) is 0. The third kappa shape index (κ3) is 4.48. The van der Waals surface area contributed by atoms with Crippen molar-refractivity contribution in [3.8, 4) is 22.1 Å². The van der Waals surface area contributed by atoms with E-state index in [2.05, 4.69) is 23.6 Å². The van der Waals surface area contributed by atoms with E-state index in [1.807, 2.05) is 56.3 Å². The topological polar surface area (TPSA) is 31.4 Å².